The third kappa shape index (κ3) is 3.24. The van der Waals surface area contributed by atoms with Crippen molar-refractivity contribution in [2.45, 2.75) is 45.4 Å². The van der Waals surface area contributed by atoms with Gasteiger partial charge in [-0.2, -0.15) is 0 Å². The van der Waals surface area contributed by atoms with Crippen LogP contribution in [0.3, 0.4) is 0 Å². The number of fused-ring (bicyclic) bond motifs is 1. The Morgan fingerprint density at radius 1 is 1.12 bits per heavy atom. The van der Waals surface area contributed by atoms with E-state index in [4.69, 9.17) is 4.74 Å². The van der Waals surface area contributed by atoms with E-state index in [0.717, 1.165) is 36.7 Å². The second kappa shape index (κ2) is 6.84. The van der Waals surface area contributed by atoms with Gasteiger partial charge in [0.25, 0.3) is 0 Å². The maximum absolute atomic E-state index is 5.99. The number of aromatic nitrogens is 3. The number of hydrogen-bond acceptors (Lipinski definition) is 4. The normalized spacial score (nSPS) is 18.3. The minimum atomic E-state index is 0.177. The van der Waals surface area contributed by atoms with Gasteiger partial charge in [0.15, 0.2) is 11.5 Å². The monoisotopic (exact) mass is 336 g/mol. The highest BCUT2D eigenvalue weighted by atomic mass is 16.5. The molecule has 4 rings (SSSR count). The Morgan fingerprint density at radius 2 is 1.96 bits per heavy atom. The average molecular weight is 336 g/mol. The molecule has 1 aliphatic rings. The molecule has 0 amide bonds. The molecule has 0 spiro atoms. The van der Waals surface area contributed by atoms with Crippen LogP contribution < -0.4 is 4.74 Å². The minimum Gasteiger partial charge on any atom is -0.491 e. The van der Waals surface area contributed by atoms with Crippen molar-refractivity contribution in [1.29, 1.82) is 0 Å². The van der Waals surface area contributed by atoms with Crippen molar-refractivity contribution in [3.05, 3.63) is 60.0 Å². The molecule has 5 nitrogen and oxygen atoms in total. The van der Waals surface area contributed by atoms with E-state index in [2.05, 4.69) is 57.7 Å². The van der Waals surface area contributed by atoms with Crippen LogP contribution in [0.5, 0.6) is 5.75 Å². The van der Waals surface area contributed by atoms with Gasteiger partial charge in [-0.05, 0) is 51.4 Å². The molecule has 2 aromatic heterocycles. The van der Waals surface area contributed by atoms with Crippen LogP contribution in [0.1, 0.15) is 44.1 Å². The fraction of sp³-hybridized carbons (Fsp3) is 0.400. The van der Waals surface area contributed by atoms with E-state index in [0.29, 0.717) is 6.04 Å². The zero-order valence-corrected chi connectivity index (χ0v) is 14.8. The van der Waals surface area contributed by atoms with Gasteiger partial charge in [0.05, 0.1) is 12.1 Å². The fourth-order valence-corrected chi connectivity index (χ4v) is 3.62. The lowest BCUT2D eigenvalue weighted by molar-refractivity contribution is 0.216. The summed E-state index contributed by atoms with van der Waals surface area (Å²) in [5, 5.41) is 8.80. The molecule has 25 heavy (non-hydrogen) atoms. The summed E-state index contributed by atoms with van der Waals surface area (Å²) >= 11 is 0. The van der Waals surface area contributed by atoms with Crippen LogP contribution in [0.2, 0.25) is 0 Å². The van der Waals surface area contributed by atoms with Crippen molar-refractivity contribution in [1.82, 2.24) is 19.5 Å². The first kappa shape index (κ1) is 16.1. The van der Waals surface area contributed by atoms with Gasteiger partial charge in [0, 0.05) is 18.3 Å². The molecule has 130 valence electrons. The van der Waals surface area contributed by atoms with E-state index >= 15 is 0 Å². The summed E-state index contributed by atoms with van der Waals surface area (Å²) in [4.78, 5) is 2.49. The summed E-state index contributed by atoms with van der Waals surface area (Å²) in [6.45, 7) is 6.08. The van der Waals surface area contributed by atoms with Crippen molar-refractivity contribution in [2.24, 2.45) is 0 Å². The lowest BCUT2D eigenvalue weighted by Crippen LogP contribution is -2.25. The molecule has 0 N–H and O–H groups in total. The molecule has 1 unspecified atom stereocenters. The third-order valence-electron chi connectivity index (χ3n) is 4.71. The molecule has 0 bridgehead atoms. The number of likely N-dealkylation sites (tertiary alicyclic amines) is 1. The summed E-state index contributed by atoms with van der Waals surface area (Å²) < 4.78 is 8.10. The van der Waals surface area contributed by atoms with Crippen molar-refractivity contribution in [3.8, 4) is 5.75 Å². The van der Waals surface area contributed by atoms with Crippen molar-refractivity contribution in [3.63, 3.8) is 0 Å². The number of nitrogens with zero attached hydrogens (tertiary/aromatic N) is 4. The van der Waals surface area contributed by atoms with E-state index in [1.165, 1.54) is 12.0 Å². The number of hydrogen-bond donors (Lipinski definition) is 0. The fourth-order valence-electron chi connectivity index (χ4n) is 3.62. The van der Waals surface area contributed by atoms with Crippen LogP contribution in [-0.4, -0.2) is 32.1 Å². The number of pyridine rings is 1. The summed E-state index contributed by atoms with van der Waals surface area (Å²) in [7, 11) is 0. The second-order valence-corrected chi connectivity index (χ2v) is 6.89. The standard InChI is InChI=1S/C20H24N4O/c1-15(2)25-18-10-4-3-8-16(18)14-23-12-7-9-17(23)20-22-21-19-11-5-6-13-24(19)20/h3-6,8,10-11,13,15,17H,7,9,12,14H2,1-2H3. The first-order valence-corrected chi connectivity index (χ1v) is 9.00. The maximum Gasteiger partial charge on any atom is 0.160 e. The van der Waals surface area contributed by atoms with Gasteiger partial charge in [-0.15, -0.1) is 10.2 Å². The average Bonchev–Trinajstić information content (AvgIpc) is 3.22. The Hall–Kier alpha value is -2.40. The molecule has 5 heteroatoms. The smallest absolute Gasteiger partial charge is 0.160 e. The van der Waals surface area contributed by atoms with Crippen LogP contribution in [0.15, 0.2) is 48.7 Å². The zero-order valence-electron chi connectivity index (χ0n) is 14.8. The lowest BCUT2D eigenvalue weighted by atomic mass is 10.1. The Labute approximate surface area is 148 Å². The highest BCUT2D eigenvalue weighted by Gasteiger charge is 2.30. The molecule has 1 fully saturated rings. The van der Waals surface area contributed by atoms with Gasteiger partial charge < -0.3 is 4.74 Å². The maximum atomic E-state index is 5.99. The SMILES string of the molecule is CC(C)Oc1ccccc1CN1CCCC1c1nnc2ccccn12. The molecule has 0 saturated carbocycles. The van der Waals surface area contributed by atoms with E-state index < -0.39 is 0 Å². The molecule has 1 aliphatic heterocycles. The zero-order chi connectivity index (χ0) is 17.2. The molecule has 1 aromatic carbocycles. The molecule has 1 saturated heterocycles. The predicted molar refractivity (Wildman–Crippen MR) is 97.6 cm³/mol. The van der Waals surface area contributed by atoms with Crippen LogP contribution in [0.4, 0.5) is 0 Å². The third-order valence-corrected chi connectivity index (χ3v) is 4.71. The first-order chi connectivity index (χ1) is 12.2. The van der Waals surface area contributed by atoms with E-state index in [1.54, 1.807) is 0 Å². The minimum absolute atomic E-state index is 0.177. The van der Waals surface area contributed by atoms with E-state index in [1.807, 2.05) is 24.3 Å². The van der Waals surface area contributed by atoms with Gasteiger partial charge in [-0.25, -0.2) is 0 Å². The van der Waals surface area contributed by atoms with Gasteiger partial charge in [-0.3, -0.25) is 9.30 Å². The van der Waals surface area contributed by atoms with Crippen molar-refractivity contribution >= 4 is 5.65 Å². The van der Waals surface area contributed by atoms with Crippen molar-refractivity contribution < 1.29 is 4.74 Å². The molecular weight excluding hydrogens is 312 g/mol. The Morgan fingerprint density at radius 3 is 2.84 bits per heavy atom. The van der Waals surface area contributed by atoms with Gasteiger partial charge in [0.1, 0.15) is 5.75 Å². The number of ether oxygens (including phenoxy) is 1. The summed E-state index contributed by atoms with van der Waals surface area (Å²) in [6.07, 6.45) is 4.52. The number of benzene rings is 1. The largest absolute Gasteiger partial charge is 0.491 e. The van der Waals surface area contributed by atoms with Gasteiger partial charge in [0.2, 0.25) is 0 Å². The highest BCUT2D eigenvalue weighted by Crippen LogP contribution is 2.34. The summed E-state index contributed by atoms with van der Waals surface area (Å²) in [5.74, 6) is 2.02. The highest BCUT2D eigenvalue weighted by molar-refractivity contribution is 5.38. The van der Waals surface area contributed by atoms with Crippen LogP contribution in [-0.2, 0) is 6.54 Å². The topological polar surface area (TPSA) is 42.7 Å². The number of para-hydroxylation sites is 1. The summed E-state index contributed by atoms with van der Waals surface area (Å²) in [6, 6.07) is 14.7. The Kier molecular flexibility index (Phi) is 4.40. The summed E-state index contributed by atoms with van der Waals surface area (Å²) in [5.41, 5.74) is 2.14. The lowest BCUT2D eigenvalue weighted by Gasteiger charge is -2.24. The number of rotatable bonds is 5. The molecule has 0 aliphatic carbocycles. The van der Waals surface area contributed by atoms with Gasteiger partial charge in [-0.1, -0.05) is 24.3 Å². The Bertz CT molecular complexity index is 858. The molecule has 3 aromatic rings. The van der Waals surface area contributed by atoms with Crippen LogP contribution in [0.25, 0.3) is 5.65 Å². The van der Waals surface area contributed by atoms with Gasteiger partial charge >= 0.3 is 0 Å². The molecule has 1 atom stereocenters. The quantitative estimate of drug-likeness (QED) is 0.710. The van der Waals surface area contributed by atoms with E-state index in [9.17, 15) is 0 Å². The molecule has 3 heterocycles. The Balaban J connectivity index is 1.61. The first-order valence-electron chi connectivity index (χ1n) is 9.00. The molecular formula is C20H24N4O. The second-order valence-electron chi connectivity index (χ2n) is 6.89. The van der Waals surface area contributed by atoms with Crippen LogP contribution >= 0.6 is 0 Å². The molecule has 0 radical (unpaired) electrons. The predicted octanol–water partition coefficient (Wildman–Crippen LogP) is 3.85. The van der Waals surface area contributed by atoms with Crippen molar-refractivity contribution in [2.75, 3.05) is 6.54 Å². The van der Waals surface area contributed by atoms with E-state index in [-0.39, 0.29) is 6.10 Å². The van der Waals surface area contributed by atoms with Crippen LogP contribution in [0, 0.1) is 0 Å².